The van der Waals surface area contributed by atoms with E-state index in [1.807, 2.05) is 20.8 Å². The van der Waals surface area contributed by atoms with Crippen molar-refractivity contribution in [3.8, 4) is 0 Å². The maximum Gasteiger partial charge on any atom is 0.333 e. The molecule has 0 aliphatic rings. The SMILES string of the molecule is CCCC(CC)P(=O)(OCC)OCC. The van der Waals surface area contributed by atoms with Gasteiger partial charge in [0.2, 0.25) is 0 Å². The summed E-state index contributed by atoms with van der Waals surface area (Å²) in [7, 11) is -2.85. The minimum atomic E-state index is -2.85. The van der Waals surface area contributed by atoms with Crippen molar-refractivity contribution in [2.24, 2.45) is 0 Å². The lowest BCUT2D eigenvalue weighted by Gasteiger charge is -2.24. The maximum atomic E-state index is 12.3. The number of rotatable bonds is 8. The Morgan fingerprint density at radius 1 is 1.07 bits per heavy atom. The third kappa shape index (κ3) is 4.12. The van der Waals surface area contributed by atoms with Crippen molar-refractivity contribution in [2.75, 3.05) is 13.2 Å². The third-order valence-electron chi connectivity index (χ3n) is 2.16. The zero-order valence-corrected chi connectivity index (χ0v) is 10.7. The molecule has 3 nitrogen and oxygen atoms in total. The van der Waals surface area contributed by atoms with Crippen LogP contribution in [-0.2, 0) is 13.6 Å². The quantitative estimate of drug-likeness (QED) is 0.585. The molecule has 0 radical (unpaired) electrons. The molecule has 4 heteroatoms. The summed E-state index contributed by atoms with van der Waals surface area (Å²) >= 11 is 0. The van der Waals surface area contributed by atoms with Crippen molar-refractivity contribution in [3.05, 3.63) is 0 Å². The zero-order valence-electron chi connectivity index (χ0n) is 9.78. The lowest BCUT2D eigenvalue weighted by molar-refractivity contribution is 0.209. The molecule has 0 spiro atoms. The minimum absolute atomic E-state index is 0.0624. The summed E-state index contributed by atoms with van der Waals surface area (Å²) in [5, 5.41) is 0. The Balaban J connectivity index is 4.48. The van der Waals surface area contributed by atoms with Crippen LogP contribution in [0, 0.1) is 0 Å². The first-order chi connectivity index (χ1) is 6.64. The predicted octanol–water partition coefficient (Wildman–Crippen LogP) is 3.83. The molecule has 0 aliphatic carbocycles. The third-order valence-corrected chi connectivity index (χ3v) is 4.91. The Morgan fingerprint density at radius 2 is 1.57 bits per heavy atom. The lowest BCUT2D eigenvalue weighted by atomic mass is 10.2. The normalized spacial score (nSPS) is 14.3. The summed E-state index contributed by atoms with van der Waals surface area (Å²) in [5.41, 5.74) is 0.0624. The van der Waals surface area contributed by atoms with Gasteiger partial charge < -0.3 is 9.05 Å². The maximum absolute atomic E-state index is 12.3. The fraction of sp³-hybridized carbons (Fsp3) is 1.00. The molecule has 0 N–H and O–H groups in total. The molecule has 0 fully saturated rings. The van der Waals surface area contributed by atoms with Crippen LogP contribution in [0.2, 0.25) is 0 Å². The second-order valence-corrected chi connectivity index (χ2v) is 5.55. The minimum Gasteiger partial charge on any atom is -0.309 e. The number of hydrogen-bond donors (Lipinski definition) is 0. The van der Waals surface area contributed by atoms with Crippen LogP contribution in [-0.4, -0.2) is 18.9 Å². The van der Waals surface area contributed by atoms with Gasteiger partial charge in [-0.15, -0.1) is 0 Å². The van der Waals surface area contributed by atoms with E-state index in [9.17, 15) is 4.57 Å². The van der Waals surface area contributed by atoms with E-state index in [1.165, 1.54) is 0 Å². The van der Waals surface area contributed by atoms with Gasteiger partial charge in [0.15, 0.2) is 0 Å². The summed E-state index contributed by atoms with van der Waals surface area (Å²) in [4.78, 5) is 0. The van der Waals surface area contributed by atoms with E-state index in [4.69, 9.17) is 9.05 Å². The molecule has 0 aromatic carbocycles. The molecule has 0 aromatic rings. The van der Waals surface area contributed by atoms with Crippen molar-refractivity contribution in [2.45, 2.75) is 52.6 Å². The standard InChI is InChI=1S/C10H23O3P/c1-5-9-10(6-2)14(11,12-7-3)13-8-4/h10H,5-9H2,1-4H3. The van der Waals surface area contributed by atoms with Gasteiger partial charge in [-0.05, 0) is 26.7 Å². The molecular weight excluding hydrogens is 199 g/mol. The molecule has 0 heterocycles. The van der Waals surface area contributed by atoms with Crippen molar-refractivity contribution in [1.29, 1.82) is 0 Å². The van der Waals surface area contributed by atoms with Gasteiger partial charge in [-0.25, -0.2) is 0 Å². The van der Waals surface area contributed by atoms with Crippen molar-refractivity contribution in [1.82, 2.24) is 0 Å². The van der Waals surface area contributed by atoms with E-state index >= 15 is 0 Å². The summed E-state index contributed by atoms with van der Waals surface area (Å²) in [5.74, 6) is 0. The summed E-state index contributed by atoms with van der Waals surface area (Å²) in [6.45, 7) is 8.74. The molecule has 14 heavy (non-hydrogen) atoms. The average molecular weight is 222 g/mol. The fourth-order valence-electron chi connectivity index (χ4n) is 1.53. The Bertz CT molecular complexity index is 172. The van der Waals surface area contributed by atoms with E-state index in [-0.39, 0.29) is 5.66 Å². The average Bonchev–Trinajstić information content (AvgIpc) is 2.14. The first-order valence-electron chi connectivity index (χ1n) is 5.53. The monoisotopic (exact) mass is 222 g/mol. The molecule has 0 aromatic heterocycles. The van der Waals surface area contributed by atoms with Crippen LogP contribution in [0.15, 0.2) is 0 Å². The van der Waals surface area contributed by atoms with E-state index in [2.05, 4.69) is 6.92 Å². The van der Waals surface area contributed by atoms with Crippen LogP contribution in [0.4, 0.5) is 0 Å². The molecule has 0 aliphatic heterocycles. The number of hydrogen-bond acceptors (Lipinski definition) is 3. The molecular formula is C10H23O3P. The predicted molar refractivity (Wildman–Crippen MR) is 59.8 cm³/mol. The largest absolute Gasteiger partial charge is 0.333 e. The van der Waals surface area contributed by atoms with Crippen LogP contribution in [0.3, 0.4) is 0 Å². The van der Waals surface area contributed by atoms with Crippen LogP contribution >= 0.6 is 7.60 Å². The first-order valence-corrected chi connectivity index (χ1v) is 7.14. The molecule has 0 amide bonds. The summed E-state index contributed by atoms with van der Waals surface area (Å²) in [6.07, 6.45) is 2.78. The highest BCUT2D eigenvalue weighted by Crippen LogP contribution is 2.55. The highest BCUT2D eigenvalue weighted by atomic mass is 31.2. The molecule has 0 rings (SSSR count). The Labute approximate surface area is 87.7 Å². The van der Waals surface area contributed by atoms with Gasteiger partial charge in [0.1, 0.15) is 0 Å². The van der Waals surface area contributed by atoms with E-state index in [1.54, 1.807) is 0 Å². The Kier molecular flexibility index (Phi) is 7.52. The summed E-state index contributed by atoms with van der Waals surface area (Å²) < 4.78 is 22.9. The molecule has 86 valence electrons. The lowest BCUT2D eigenvalue weighted by Crippen LogP contribution is -2.12. The van der Waals surface area contributed by atoms with Crippen molar-refractivity contribution >= 4 is 7.60 Å². The van der Waals surface area contributed by atoms with Gasteiger partial charge in [0.05, 0.1) is 18.9 Å². The van der Waals surface area contributed by atoms with E-state index in [0.717, 1.165) is 19.3 Å². The van der Waals surface area contributed by atoms with Crippen LogP contribution in [0.25, 0.3) is 0 Å². The molecule has 1 unspecified atom stereocenters. The second-order valence-electron chi connectivity index (χ2n) is 3.23. The summed E-state index contributed by atoms with van der Waals surface area (Å²) in [6, 6.07) is 0. The highest BCUT2D eigenvalue weighted by Gasteiger charge is 2.33. The van der Waals surface area contributed by atoms with Crippen molar-refractivity contribution < 1.29 is 13.6 Å². The Morgan fingerprint density at radius 3 is 1.86 bits per heavy atom. The smallest absolute Gasteiger partial charge is 0.309 e. The second kappa shape index (κ2) is 7.44. The van der Waals surface area contributed by atoms with Crippen molar-refractivity contribution in [3.63, 3.8) is 0 Å². The van der Waals surface area contributed by atoms with Crippen LogP contribution in [0.1, 0.15) is 47.0 Å². The molecule has 0 bridgehead atoms. The molecule has 1 atom stereocenters. The van der Waals surface area contributed by atoms with Crippen LogP contribution < -0.4 is 0 Å². The fourth-order valence-corrected chi connectivity index (χ4v) is 3.76. The van der Waals surface area contributed by atoms with Gasteiger partial charge in [-0.1, -0.05) is 20.3 Å². The van der Waals surface area contributed by atoms with E-state index in [0.29, 0.717) is 13.2 Å². The van der Waals surface area contributed by atoms with Gasteiger partial charge in [0, 0.05) is 0 Å². The van der Waals surface area contributed by atoms with Gasteiger partial charge in [0.25, 0.3) is 0 Å². The molecule has 0 saturated heterocycles. The highest BCUT2D eigenvalue weighted by molar-refractivity contribution is 7.54. The van der Waals surface area contributed by atoms with E-state index < -0.39 is 7.60 Å². The Hall–Kier alpha value is 0.150. The van der Waals surface area contributed by atoms with Gasteiger partial charge in [-0.2, -0.15) is 0 Å². The molecule has 0 saturated carbocycles. The van der Waals surface area contributed by atoms with Gasteiger partial charge >= 0.3 is 7.60 Å². The first kappa shape index (κ1) is 14.2. The van der Waals surface area contributed by atoms with Gasteiger partial charge in [-0.3, -0.25) is 4.57 Å². The van der Waals surface area contributed by atoms with Crippen LogP contribution in [0.5, 0.6) is 0 Å². The zero-order chi connectivity index (χ0) is 11.0. The topological polar surface area (TPSA) is 35.5 Å².